The van der Waals surface area contributed by atoms with E-state index in [1.54, 1.807) is 34.7 Å². The quantitative estimate of drug-likeness (QED) is 0.618. The zero-order chi connectivity index (χ0) is 23.3. The average molecular weight is 494 g/mol. The van der Waals surface area contributed by atoms with Crippen molar-refractivity contribution in [3.05, 3.63) is 35.3 Å². The normalized spacial score (nSPS) is 18.2. The van der Waals surface area contributed by atoms with Crippen molar-refractivity contribution >= 4 is 38.3 Å². The van der Waals surface area contributed by atoms with E-state index in [0.717, 1.165) is 5.56 Å². The van der Waals surface area contributed by atoms with E-state index >= 15 is 0 Å². The highest BCUT2D eigenvalue weighted by atomic mass is 32.2. The van der Waals surface area contributed by atoms with Gasteiger partial charge in [-0.05, 0) is 37.0 Å². The third-order valence-corrected chi connectivity index (χ3v) is 8.49. The maximum atomic E-state index is 12.7. The van der Waals surface area contributed by atoms with E-state index < -0.39 is 10.0 Å². The van der Waals surface area contributed by atoms with Crippen molar-refractivity contribution in [2.24, 2.45) is 5.92 Å². The van der Waals surface area contributed by atoms with Crippen molar-refractivity contribution in [2.75, 3.05) is 44.7 Å². The van der Waals surface area contributed by atoms with Gasteiger partial charge in [0.25, 0.3) is 0 Å². The monoisotopic (exact) mass is 493 g/mol. The lowest BCUT2D eigenvalue weighted by Crippen LogP contribution is -2.41. The minimum absolute atomic E-state index is 0.0444. The molecule has 3 heterocycles. The number of carbonyl (C=O) groups excluding carboxylic acids is 2. The summed E-state index contributed by atoms with van der Waals surface area (Å²) in [4.78, 5) is 27.0. The van der Waals surface area contributed by atoms with E-state index in [1.165, 1.54) is 15.6 Å². The number of anilines is 1. The summed E-state index contributed by atoms with van der Waals surface area (Å²) < 4.78 is 32.1. The second-order valence-electron chi connectivity index (χ2n) is 8.05. The van der Waals surface area contributed by atoms with Crippen molar-refractivity contribution in [1.82, 2.24) is 19.4 Å². The van der Waals surface area contributed by atoms with Crippen molar-refractivity contribution in [3.8, 4) is 0 Å². The van der Waals surface area contributed by atoms with Crippen LogP contribution in [0.1, 0.15) is 24.8 Å². The number of aromatic nitrogens is 2. The Labute approximate surface area is 197 Å². The van der Waals surface area contributed by atoms with Gasteiger partial charge in [0.1, 0.15) is 5.51 Å². The first-order chi connectivity index (χ1) is 15.9. The first kappa shape index (κ1) is 23.7. The Morgan fingerprint density at radius 2 is 1.79 bits per heavy atom. The molecule has 10 nitrogen and oxygen atoms in total. The number of amides is 2. The van der Waals surface area contributed by atoms with Gasteiger partial charge in [-0.2, -0.15) is 4.31 Å². The van der Waals surface area contributed by atoms with Crippen LogP contribution in [-0.2, 0) is 30.8 Å². The largest absolute Gasteiger partial charge is 0.379 e. The van der Waals surface area contributed by atoms with Crippen LogP contribution in [0.3, 0.4) is 0 Å². The summed E-state index contributed by atoms with van der Waals surface area (Å²) in [7, 11) is -3.52. The van der Waals surface area contributed by atoms with Gasteiger partial charge in [0.15, 0.2) is 0 Å². The van der Waals surface area contributed by atoms with Crippen molar-refractivity contribution < 1.29 is 22.7 Å². The van der Waals surface area contributed by atoms with Crippen LogP contribution in [0.4, 0.5) is 5.13 Å². The number of hydrogen-bond acceptors (Lipinski definition) is 8. The highest BCUT2D eigenvalue weighted by molar-refractivity contribution is 7.89. The molecule has 0 bridgehead atoms. The molecule has 33 heavy (non-hydrogen) atoms. The lowest BCUT2D eigenvalue weighted by Gasteiger charge is -2.31. The van der Waals surface area contributed by atoms with Crippen LogP contribution in [0, 0.1) is 5.92 Å². The third-order valence-electron chi connectivity index (χ3n) is 5.97. The molecule has 1 aromatic carbocycles. The molecule has 2 fully saturated rings. The predicted molar refractivity (Wildman–Crippen MR) is 122 cm³/mol. The summed E-state index contributed by atoms with van der Waals surface area (Å²) in [5.74, 6) is -0.173. The number of aryl methyl sites for hydroxylation is 1. The Kier molecular flexibility index (Phi) is 7.68. The van der Waals surface area contributed by atoms with E-state index in [9.17, 15) is 18.0 Å². The fourth-order valence-electron chi connectivity index (χ4n) is 4.00. The van der Waals surface area contributed by atoms with E-state index in [0.29, 0.717) is 70.2 Å². The first-order valence-electron chi connectivity index (χ1n) is 10.9. The summed E-state index contributed by atoms with van der Waals surface area (Å²) in [5, 5.41) is 10.8. The van der Waals surface area contributed by atoms with Crippen LogP contribution in [0.5, 0.6) is 0 Å². The number of likely N-dealkylation sites (tertiary alicyclic amines) is 1. The summed E-state index contributed by atoms with van der Waals surface area (Å²) in [5.41, 5.74) is 2.48. The number of hydrogen-bond donors (Lipinski definition) is 1. The van der Waals surface area contributed by atoms with E-state index in [2.05, 4.69) is 15.5 Å². The number of piperidine rings is 1. The molecule has 0 unspecified atom stereocenters. The first-order valence-corrected chi connectivity index (χ1v) is 13.3. The molecule has 1 N–H and O–H groups in total. The van der Waals surface area contributed by atoms with Gasteiger partial charge in [-0.3, -0.25) is 9.59 Å². The summed E-state index contributed by atoms with van der Waals surface area (Å²) in [6.07, 6.45) is 2.11. The SMILES string of the molecule is O=C(Nc1nncs1)C1CCN(C(=O)CCc2ccc(S(=O)(=O)N3CCOCC3)cc2)CC1. The van der Waals surface area contributed by atoms with Gasteiger partial charge in [0, 0.05) is 38.5 Å². The predicted octanol–water partition coefficient (Wildman–Crippen LogP) is 1.37. The molecule has 0 atom stereocenters. The Balaban J connectivity index is 1.23. The van der Waals surface area contributed by atoms with Gasteiger partial charge in [-0.25, -0.2) is 8.42 Å². The molecule has 2 aliphatic rings. The van der Waals surface area contributed by atoms with Crippen molar-refractivity contribution in [3.63, 3.8) is 0 Å². The highest BCUT2D eigenvalue weighted by Gasteiger charge is 2.28. The molecule has 0 radical (unpaired) electrons. The Morgan fingerprint density at radius 1 is 1.09 bits per heavy atom. The molecule has 2 aromatic rings. The lowest BCUT2D eigenvalue weighted by atomic mass is 9.95. The van der Waals surface area contributed by atoms with Crippen LogP contribution in [0.2, 0.25) is 0 Å². The minimum atomic E-state index is -3.52. The second-order valence-corrected chi connectivity index (χ2v) is 10.8. The zero-order valence-electron chi connectivity index (χ0n) is 18.2. The average Bonchev–Trinajstić information content (AvgIpc) is 3.36. The van der Waals surface area contributed by atoms with E-state index in [-0.39, 0.29) is 22.6 Å². The number of nitrogens with one attached hydrogen (secondary N) is 1. The number of ether oxygens (including phenoxy) is 1. The fraction of sp³-hybridized carbons (Fsp3) is 0.524. The molecular formula is C21H27N5O5S2. The summed E-state index contributed by atoms with van der Waals surface area (Å²) in [6.45, 7) is 2.63. The van der Waals surface area contributed by atoms with Gasteiger partial charge < -0.3 is 15.0 Å². The molecule has 1 aromatic heterocycles. The molecule has 0 spiro atoms. The Bertz CT molecular complexity index is 1050. The van der Waals surface area contributed by atoms with Gasteiger partial charge in [0.2, 0.25) is 27.0 Å². The fourth-order valence-corrected chi connectivity index (χ4v) is 5.86. The van der Waals surface area contributed by atoms with Gasteiger partial charge in [0.05, 0.1) is 18.1 Å². The van der Waals surface area contributed by atoms with Crippen LogP contribution < -0.4 is 5.32 Å². The number of nitrogens with zero attached hydrogens (tertiary/aromatic N) is 4. The summed E-state index contributed by atoms with van der Waals surface area (Å²) in [6, 6.07) is 6.74. The Morgan fingerprint density at radius 3 is 2.42 bits per heavy atom. The number of rotatable bonds is 7. The summed E-state index contributed by atoms with van der Waals surface area (Å²) >= 11 is 1.27. The maximum absolute atomic E-state index is 12.7. The molecule has 178 valence electrons. The standard InChI is InChI=1S/C21H27N5O5S2/c27-19(25-9-7-17(8-10-25)20(28)23-21-24-22-15-32-21)6-3-16-1-4-18(5-2-16)33(29,30)26-11-13-31-14-12-26/h1-2,4-5,15,17H,3,6-14H2,(H,23,24,28). The van der Waals surface area contributed by atoms with Crippen LogP contribution in [0.25, 0.3) is 0 Å². The second kappa shape index (κ2) is 10.7. The molecule has 2 saturated heterocycles. The van der Waals surface area contributed by atoms with E-state index in [4.69, 9.17) is 4.74 Å². The molecule has 2 aliphatic heterocycles. The van der Waals surface area contributed by atoms with E-state index in [1.807, 2.05) is 0 Å². The van der Waals surface area contributed by atoms with Crippen LogP contribution >= 0.6 is 11.3 Å². The number of carbonyl (C=O) groups is 2. The lowest BCUT2D eigenvalue weighted by molar-refractivity contribution is -0.134. The highest BCUT2D eigenvalue weighted by Crippen LogP contribution is 2.22. The molecule has 0 aliphatic carbocycles. The third kappa shape index (κ3) is 5.94. The molecule has 4 rings (SSSR count). The molecular weight excluding hydrogens is 466 g/mol. The van der Waals surface area contributed by atoms with Gasteiger partial charge in [-0.15, -0.1) is 10.2 Å². The molecule has 0 saturated carbocycles. The van der Waals surface area contributed by atoms with Gasteiger partial charge >= 0.3 is 0 Å². The molecule has 12 heteroatoms. The number of sulfonamides is 1. The molecule has 2 amide bonds. The maximum Gasteiger partial charge on any atom is 0.243 e. The van der Waals surface area contributed by atoms with Crippen LogP contribution in [-0.4, -0.2) is 79.0 Å². The van der Waals surface area contributed by atoms with Gasteiger partial charge in [-0.1, -0.05) is 23.5 Å². The van der Waals surface area contributed by atoms with Crippen molar-refractivity contribution in [2.45, 2.75) is 30.6 Å². The topological polar surface area (TPSA) is 122 Å². The number of morpholine rings is 1. The Hall–Kier alpha value is -2.41. The number of benzene rings is 1. The van der Waals surface area contributed by atoms with Crippen LogP contribution in [0.15, 0.2) is 34.7 Å². The zero-order valence-corrected chi connectivity index (χ0v) is 19.8. The smallest absolute Gasteiger partial charge is 0.243 e. The minimum Gasteiger partial charge on any atom is -0.379 e. The van der Waals surface area contributed by atoms with Crippen molar-refractivity contribution in [1.29, 1.82) is 0 Å².